The maximum absolute atomic E-state index is 10.4. The van der Waals surface area contributed by atoms with Gasteiger partial charge in [0.05, 0.1) is 13.2 Å². The molecule has 1 N–H and O–H groups in total. The van der Waals surface area contributed by atoms with Gasteiger partial charge in [0.2, 0.25) is 0 Å². The minimum Gasteiger partial charge on any atom is -0.497 e. The zero-order valence-electron chi connectivity index (χ0n) is 12.0. The molecule has 0 aliphatic carbocycles. The van der Waals surface area contributed by atoms with Crippen molar-refractivity contribution in [3.8, 4) is 11.5 Å². The lowest BCUT2D eigenvalue weighted by Crippen LogP contribution is -2.19. The number of hydrogen-bond acceptors (Lipinski definition) is 3. The molecular formula is C17H17BrO3. The Morgan fingerprint density at radius 3 is 2.76 bits per heavy atom. The molecular weight excluding hydrogens is 332 g/mol. The minimum absolute atomic E-state index is 0.132. The van der Waals surface area contributed by atoms with Crippen molar-refractivity contribution < 1.29 is 14.6 Å². The number of aryl methyl sites for hydroxylation is 1. The number of methoxy groups -OCH3 is 1. The number of ether oxygens (including phenoxy) is 2. The first-order chi connectivity index (χ1) is 10.1. The second-order valence-corrected chi connectivity index (χ2v) is 6.12. The van der Waals surface area contributed by atoms with Gasteiger partial charge in [0.15, 0.2) is 0 Å². The van der Waals surface area contributed by atoms with Crippen LogP contribution in [0.25, 0.3) is 0 Å². The maximum Gasteiger partial charge on any atom is 0.127 e. The van der Waals surface area contributed by atoms with Crippen LogP contribution in [0.15, 0.2) is 40.9 Å². The predicted molar refractivity (Wildman–Crippen MR) is 84.8 cm³/mol. The fraction of sp³-hybridized carbons (Fsp3) is 0.294. The normalized spacial score (nSPS) is 20.6. The summed E-state index contributed by atoms with van der Waals surface area (Å²) >= 11 is 3.50. The predicted octanol–water partition coefficient (Wildman–Crippen LogP) is 4.32. The Kier molecular flexibility index (Phi) is 3.91. The van der Waals surface area contributed by atoms with Crippen molar-refractivity contribution in [1.29, 1.82) is 0 Å². The van der Waals surface area contributed by atoms with Crippen LogP contribution >= 0.6 is 15.9 Å². The van der Waals surface area contributed by atoms with E-state index in [0.717, 1.165) is 32.7 Å². The average molecular weight is 349 g/mol. The van der Waals surface area contributed by atoms with Gasteiger partial charge in [0, 0.05) is 16.5 Å². The highest BCUT2D eigenvalue weighted by atomic mass is 79.9. The highest BCUT2D eigenvalue weighted by Crippen LogP contribution is 2.42. The minimum atomic E-state index is -0.544. The van der Waals surface area contributed by atoms with E-state index in [9.17, 15) is 5.11 Å². The molecule has 2 unspecified atom stereocenters. The number of halogens is 1. The van der Waals surface area contributed by atoms with E-state index in [0.29, 0.717) is 6.42 Å². The monoisotopic (exact) mass is 348 g/mol. The first-order valence-electron chi connectivity index (χ1n) is 6.87. The summed E-state index contributed by atoms with van der Waals surface area (Å²) in [5, 5.41) is 10.4. The Balaban J connectivity index is 1.92. The topological polar surface area (TPSA) is 38.7 Å². The summed E-state index contributed by atoms with van der Waals surface area (Å²) in [5.41, 5.74) is 3.03. The summed E-state index contributed by atoms with van der Waals surface area (Å²) in [5.74, 6) is 1.45. The number of rotatable bonds is 2. The molecule has 3 rings (SSSR count). The van der Waals surface area contributed by atoms with Gasteiger partial charge in [0.1, 0.15) is 17.6 Å². The molecule has 0 spiro atoms. The van der Waals surface area contributed by atoms with E-state index in [-0.39, 0.29) is 6.10 Å². The van der Waals surface area contributed by atoms with Crippen molar-refractivity contribution in [1.82, 2.24) is 0 Å². The van der Waals surface area contributed by atoms with E-state index in [1.54, 1.807) is 7.11 Å². The third-order valence-electron chi connectivity index (χ3n) is 3.84. The van der Waals surface area contributed by atoms with Crippen LogP contribution in [0.4, 0.5) is 0 Å². The molecule has 21 heavy (non-hydrogen) atoms. The van der Waals surface area contributed by atoms with E-state index < -0.39 is 6.10 Å². The fourth-order valence-electron chi connectivity index (χ4n) is 2.62. The van der Waals surface area contributed by atoms with Crippen LogP contribution in [0.2, 0.25) is 0 Å². The molecule has 0 fully saturated rings. The molecule has 3 nitrogen and oxygen atoms in total. The Bertz CT molecular complexity index is 669. The Morgan fingerprint density at radius 2 is 2.05 bits per heavy atom. The molecule has 1 aliphatic heterocycles. The van der Waals surface area contributed by atoms with Crippen LogP contribution in [0.3, 0.4) is 0 Å². The van der Waals surface area contributed by atoms with E-state index >= 15 is 0 Å². The maximum atomic E-state index is 10.4. The Morgan fingerprint density at radius 1 is 1.24 bits per heavy atom. The van der Waals surface area contributed by atoms with Crippen LogP contribution < -0.4 is 9.47 Å². The highest BCUT2D eigenvalue weighted by Gasteiger charge is 2.28. The molecule has 4 heteroatoms. The molecule has 0 bridgehead atoms. The number of aliphatic hydroxyl groups excluding tert-OH is 1. The molecule has 2 aromatic rings. The third-order valence-corrected chi connectivity index (χ3v) is 4.73. The van der Waals surface area contributed by atoms with Gasteiger partial charge in [0.25, 0.3) is 0 Å². The van der Waals surface area contributed by atoms with Gasteiger partial charge < -0.3 is 14.6 Å². The largest absolute Gasteiger partial charge is 0.497 e. The molecule has 1 aliphatic rings. The lowest BCUT2D eigenvalue weighted by molar-refractivity contribution is 0.0654. The van der Waals surface area contributed by atoms with Crippen molar-refractivity contribution in [2.24, 2.45) is 0 Å². The first-order valence-corrected chi connectivity index (χ1v) is 7.66. The van der Waals surface area contributed by atoms with Crippen molar-refractivity contribution >= 4 is 15.9 Å². The van der Waals surface area contributed by atoms with E-state index in [4.69, 9.17) is 9.47 Å². The Labute approximate surface area is 132 Å². The second-order valence-electron chi connectivity index (χ2n) is 5.27. The molecule has 0 saturated heterocycles. The number of benzene rings is 2. The third kappa shape index (κ3) is 2.78. The molecule has 1 heterocycles. The molecule has 2 aromatic carbocycles. The summed E-state index contributed by atoms with van der Waals surface area (Å²) in [6, 6.07) is 11.7. The van der Waals surface area contributed by atoms with Gasteiger partial charge in [-0.2, -0.15) is 0 Å². The van der Waals surface area contributed by atoms with Crippen molar-refractivity contribution in [3.63, 3.8) is 0 Å². The molecule has 2 atom stereocenters. The molecule has 0 saturated carbocycles. The summed E-state index contributed by atoms with van der Waals surface area (Å²) < 4.78 is 12.3. The number of aliphatic hydroxyl groups is 1. The average Bonchev–Trinajstić information content (AvgIpc) is 2.49. The van der Waals surface area contributed by atoms with Gasteiger partial charge in [-0.1, -0.05) is 28.1 Å². The van der Waals surface area contributed by atoms with Gasteiger partial charge >= 0.3 is 0 Å². The van der Waals surface area contributed by atoms with Gasteiger partial charge in [-0.15, -0.1) is 0 Å². The number of fused-ring (bicyclic) bond motifs is 1. The second kappa shape index (κ2) is 5.70. The molecule has 0 aromatic heterocycles. The number of hydrogen-bond donors (Lipinski definition) is 1. The smallest absolute Gasteiger partial charge is 0.127 e. The van der Waals surface area contributed by atoms with Crippen LogP contribution in [-0.2, 0) is 0 Å². The van der Waals surface area contributed by atoms with E-state index in [2.05, 4.69) is 22.0 Å². The van der Waals surface area contributed by atoms with Crippen LogP contribution in [0, 0.1) is 6.92 Å². The summed E-state index contributed by atoms with van der Waals surface area (Å²) in [7, 11) is 1.62. The van der Waals surface area contributed by atoms with Crippen LogP contribution in [0.5, 0.6) is 11.5 Å². The SMILES string of the molecule is COc1ccc2c(c1)C(O)CC(c1ccc(Br)c(C)c1)O2. The lowest BCUT2D eigenvalue weighted by atomic mass is 9.94. The summed E-state index contributed by atoms with van der Waals surface area (Å²) in [4.78, 5) is 0. The van der Waals surface area contributed by atoms with Crippen LogP contribution in [-0.4, -0.2) is 12.2 Å². The van der Waals surface area contributed by atoms with Crippen molar-refractivity contribution in [2.75, 3.05) is 7.11 Å². The van der Waals surface area contributed by atoms with Crippen LogP contribution in [0.1, 0.15) is 35.3 Å². The van der Waals surface area contributed by atoms with Gasteiger partial charge in [-0.25, -0.2) is 0 Å². The standard InChI is InChI=1S/C17H17BrO3/c1-10-7-11(3-5-14(10)18)17-9-15(19)13-8-12(20-2)4-6-16(13)21-17/h3-8,15,17,19H,9H2,1-2H3. The lowest BCUT2D eigenvalue weighted by Gasteiger charge is -2.30. The Hall–Kier alpha value is -1.52. The zero-order valence-corrected chi connectivity index (χ0v) is 13.6. The van der Waals surface area contributed by atoms with Crippen molar-refractivity contribution in [2.45, 2.75) is 25.6 Å². The van der Waals surface area contributed by atoms with E-state index in [1.165, 1.54) is 0 Å². The zero-order chi connectivity index (χ0) is 15.0. The fourth-order valence-corrected chi connectivity index (χ4v) is 2.87. The van der Waals surface area contributed by atoms with Crippen molar-refractivity contribution in [3.05, 3.63) is 57.6 Å². The molecule has 0 amide bonds. The molecule has 110 valence electrons. The van der Waals surface area contributed by atoms with Gasteiger partial charge in [-0.05, 0) is 42.3 Å². The summed E-state index contributed by atoms with van der Waals surface area (Å²) in [6.07, 6.45) is -0.133. The first kappa shape index (κ1) is 14.4. The summed E-state index contributed by atoms with van der Waals surface area (Å²) in [6.45, 7) is 2.05. The highest BCUT2D eigenvalue weighted by molar-refractivity contribution is 9.10. The quantitative estimate of drug-likeness (QED) is 0.877. The van der Waals surface area contributed by atoms with Gasteiger partial charge in [-0.3, -0.25) is 0 Å². The molecule has 0 radical (unpaired) electrons. The van der Waals surface area contributed by atoms with E-state index in [1.807, 2.05) is 37.3 Å².